The van der Waals surface area contributed by atoms with Crippen LogP contribution in [0.25, 0.3) is 0 Å². The molecule has 0 saturated heterocycles. The first-order valence-corrected chi connectivity index (χ1v) is 6.12. The lowest BCUT2D eigenvalue weighted by atomic mass is 9.78. The number of ketones is 1. The van der Waals surface area contributed by atoms with Crippen molar-refractivity contribution in [3.8, 4) is 0 Å². The number of carbonyl (C=O) groups excluding carboxylic acids is 2. The molecule has 3 atom stereocenters. The van der Waals surface area contributed by atoms with Crippen molar-refractivity contribution in [3.63, 3.8) is 0 Å². The van der Waals surface area contributed by atoms with Crippen molar-refractivity contribution in [3.05, 3.63) is 24.0 Å². The summed E-state index contributed by atoms with van der Waals surface area (Å²) in [7, 11) is 1.59. The Kier molecular flexibility index (Phi) is 5.13. The topological polar surface area (TPSA) is 52.6 Å². The summed E-state index contributed by atoms with van der Waals surface area (Å²) in [6.45, 7) is 5.41. The predicted molar refractivity (Wildman–Crippen MR) is 67.7 cm³/mol. The van der Waals surface area contributed by atoms with E-state index in [0.717, 1.165) is 5.76 Å². The van der Waals surface area contributed by atoms with E-state index < -0.39 is 11.9 Å². The summed E-state index contributed by atoms with van der Waals surface area (Å²) in [6.07, 6.45) is 5.56. The Morgan fingerprint density at radius 1 is 1.44 bits per heavy atom. The highest BCUT2D eigenvalue weighted by Gasteiger charge is 2.36. The van der Waals surface area contributed by atoms with Gasteiger partial charge in [-0.15, -0.1) is 0 Å². The first-order valence-electron chi connectivity index (χ1n) is 6.12. The monoisotopic (exact) mass is 252 g/mol. The van der Waals surface area contributed by atoms with Gasteiger partial charge in [0.2, 0.25) is 0 Å². The SMILES string of the molecule is CCOC(=O)C(C(C)=O)[C@H]1C=CC(OC)=C[C@H]1C. The molecule has 0 aliphatic heterocycles. The van der Waals surface area contributed by atoms with Gasteiger partial charge in [0, 0.05) is 5.92 Å². The van der Waals surface area contributed by atoms with Gasteiger partial charge in [-0.3, -0.25) is 9.59 Å². The number of ether oxygens (including phenoxy) is 2. The zero-order valence-electron chi connectivity index (χ0n) is 11.3. The van der Waals surface area contributed by atoms with E-state index in [4.69, 9.17) is 9.47 Å². The first-order chi connectivity index (χ1) is 8.51. The Balaban J connectivity index is 2.90. The summed E-state index contributed by atoms with van der Waals surface area (Å²) in [5.41, 5.74) is 0. The fraction of sp³-hybridized carbons (Fsp3) is 0.571. The molecule has 0 fully saturated rings. The molecule has 0 radical (unpaired) electrons. The van der Waals surface area contributed by atoms with Gasteiger partial charge in [-0.2, -0.15) is 0 Å². The third-order valence-electron chi connectivity index (χ3n) is 3.12. The Morgan fingerprint density at radius 3 is 2.56 bits per heavy atom. The molecule has 0 bridgehead atoms. The zero-order chi connectivity index (χ0) is 13.7. The van der Waals surface area contributed by atoms with Crippen molar-refractivity contribution in [2.24, 2.45) is 17.8 Å². The molecule has 0 aromatic rings. The number of carbonyl (C=O) groups is 2. The highest BCUT2D eigenvalue weighted by Crippen LogP contribution is 2.30. The highest BCUT2D eigenvalue weighted by atomic mass is 16.5. The van der Waals surface area contributed by atoms with Crippen molar-refractivity contribution in [1.82, 2.24) is 0 Å². The maximum Gasteiger partial charge on any atom is 0.317 e. The van der Waals surface area contributed by atoms with Crippen molar-refractivity contribution in [2.75, 3.05) is 13.7 Å². The minimum atomic E-state index is -0.731. The average molecular weight is 252 g/mol. The summed E-state index contributed by atoms with van der Waals surface area (Å²) in [5.74, 6) is -0.690. The molecule has 0 N–H and O–H groups in total. The average Bonchev–Trinajstić information content (AvgIpc) is 2.31. The van der Waals surface area contributed by atoms with Gasteiger partial charge in [-0.1, -0.05) is 13.0 Å². The first kappa shape index (κ1) is 14.5. The van der Waals surface area contributed by atoms with Crippen LogP contribution >= 0.6 is 0 Å². The number of hydrogen-bond donors (Lipinski definition) is 0. The number of rotatable bonds is 5. The van der Waals surface area contributed by atoms with Crippen LogP contribution < -0.4 is 0 Å². The molecule has 1 unspecified atom stereocenters. The zero-order valence-corrected chi connectivity index (χ0v) is 11.3. The van der Waals surface area contributed by atoms with Crippen LogP contribution in [-0.4, -0.2) is 25.5 Å². The van der Waals surface area contributed by atoms with Gasteiger partial charge in [0.15, 0.2) is 0 Å². The second-order valence-corrected chi connectivity index (χ2v) is 4.41. The molecular formula is C14H20O4. The number of hydrogen-bond acceptors (Lipinski definition) is 4. The van der Waals surface area contributed by atoms with Crippen molar-refractivity contribution < 1.29 is 19.1 Å². The fourth-order valence-electron chi connectivity index (χ4n) is 2.18. The quantitative estimate of drug-likeness (QED) is 0.555. The maximum absolute atomic E-state index is 11.9. The smallest absolute Gasteiger partial charge is 0.317 e. The van der Waals surface area contributed by atoms with E-state index in [1.807, 2.05) is 19.1 Å². The molecule has 1 rings (SSSR count). The van der Waals surface area contributed by atoms with E-state index in [1.165, 1.54) is 6.92 Å². The van der Waals surface area contributed by atoms with Crippen LogP contribution in [0.15, 0.2) is 24.0 Å². The summed E-state index contributed by atoms with van der Waals surface area (Å²) in [5, 5.41) is 0. The van der Waals surface area contributed by atoms with Gasteiger partial charge in [0.05, 0.1) is 13.7 Å². The molecule has 0 amide bonds. The molecule has 1 aliphatic carbocycles. The number of allylic oxidation sites excluding steroid dienone is 3. The lowest BCUT2D eigenvalue weighted by molar-refractivity contribution is -0.153. The molecular weight excluding hydrogens is 232 g/mol. The van der Waals surface area contributed by atoms with Gasteiger partial charge in [-0.05, 0) is 31.9 Å². The van der Waals surface area contributed by atoms with E-state index >= 15 is 0 Å². The predicted octanol–water partition coefficient (Wildman–Crippen LogP) is 2.11. The number of esters is 1. The van der Waals surface area contributed by atoms with Crippen LogP contribution in [0.1, 0.15) is 20.8 Å². The van der Waals surface area contributed by atoms with E-state index in [-0.39, 0.29) is 24.2 Å². The van der Waals surface area contributed by atoms with Crippen molar-refractivity contribution >= 4 is 11.8 Å². The van der Waals surface area contributed by atoms with E-state index in [2.05, 4.69) is 0 Å². The summed E-state index contributed by atoms with van der Waals surface area (Å²) in [6, 6.07) is 0. The van der Waals surface area contributed by atoms with Gasteiger partial charge >= 0.3 is 5.97 Å². The molecule has 18 heavy (non-hydrogen) atoms. The minimum Gasteiger partial charge on any atom is -0.497 e. The van der Waals surface area contributed by atoms with Gasteiger partial charge in [0.1, 0.15) is 17.5 Å². The highest BCUT2D eigenvalue weighted by molar-refractivity contribution is 5.98. The Labute approximate surface area is 108 Å². The van der Waals surface area contributed by atoms with E-state index in [0.29, 0.717) is 0 Å². The molecule has 4 nitrogen and oxygen atoms in total. The van der Waals surface area contributed by atoms with Crippen LogP contribution in [0.5, 0.6) is 0 Å². The van der Waals surface area contributed by atoms with Crippen LogP contribution in [0.4, 0.5) is 0 Å². The summed E-state index contributed by atoms with van der Waals surface area (Å²) in [4.78, 5) is 23.5. The number of Topliss-reactive ketones (excluding diaryl/α,β-unsaturated/α-hetero) is 1. The largest absolute Gasteiger partial charge is 0.497 e. The Bertz CT molecular complexity index is 381. The number of methoxy groups -OCH3 is 1. The van der Waals surface area contributed by atoms with Crippen LogP contribution in [-0.2, 0) is 19.1 Å². The molecule has 0 heterocycles. The van der Waals surface area contributed by atoms with Crippen molar-refractivity contribution in [2.45, 2.75) is 20.8 Å². The van der Waals surface area contributed by atoms with E-state index in [9.17, 15) is 9.59 Å². The van der Waals surface area contributed by atoms with Gasteiger partial charge < -0.3 is 9.47 Å². The maximum atomic E-state index is 11.9. The Morgan fingerprint density at radius 2 is 2.11 bits per heavy atom. The summed E-state index contributed by atoms with van der Waals surface area (Å²) < 4.78 is 10.1. The third kappa shape index (κ3) is 3.22. The van der Waals surface area contributed by atoms with Crippen molar-refractivity contribution in [1.29, 1.82) is 0 Å². The molecule has 1 aliphatic rings. The lowest BCUT2D eigenvalue weighted by Gasteiger charge is -2.27. The third-order valence-corrected chi connectivity index (χ3v) is 3.12. The lowest BCUT2D eigenvalue weighted by Crippen LogP contribution is -2.34. The fourth-order valence-corrected chi connectivity index (χ4v) is 2.18. The minimum absolute atomic E-state index is 0.0586. The molecule has 100 valence electrons. The molecule has 0 spiro atoms. The standard InChI is InChI=1S/C14H20O4/c1-5-18-14(16)13(10(3)15)12-7-6-11(17-4)8-9(12)2/h6-9,12-13H,5H2,1-4H3/t9-,12+,13?/m1/s1. The Hall–Kier alpha value is -1.58. The van der Waals surface area contributed by atoms with Crippen LogP contribution in [0, 0.1) is 17.8 Å². The van der Waals surface area contributed by atoms with Gasteiger partial charge in [0.25, 0.3) is 0 Å². The second-order valence-electron chi connectivity index (χ2n) is 4.41. The second kappa shape index (κ2) is 6.38. The molecule has 0 aromatic carbocycles. The summed E-state index contributed by atoms with van der Waals surface area (Å²) >= 11 is 0. The van der Waals surface area contributed by atoms with Gasteiger partial charge in [-0.25, -0.2) is 0 Å². The van der Waals surface area contributed by atoms with Crippen LogP contribution in [0.3, 0.4) is 0 Å². The molecule has 4 heteroatoms. The van der Waals surface area contributed by atoms with E-state index in [1.54, 1.807) is 20.1 Å². The molecule has 0 aromatic heterocycles. The normalized spacial score (nSPS) is 24.1. The molecule has 0 saturated carbocycles. The van der Waals surface area contributed by atoms with Crippen LogP contribution in [0.2, 0.25) is 0 Å².